The Hall–Kier alpha value is -0.420. The van der Waals surface area contributed by atoms with Crippen molar-refractivity contribution in [2.45, 2.75) is 52.7 Å². The summed E-state index contributed by atoms with van der Waals surface area (Å²) in [5, 5.41) is 6.11. The zero-order chi connectivity index (χ0) is 14.0. The molecule has 0 saturated heterocycles. The van der Waals surface area contributed by atoms with Crippen molar-refractivity contribution in [1.82, 2.24) is 10.6 Å². The summed E-state index contributed by atoms with van der Waals surface area (Å²) in [6.45, 7) is 11.3. The van der Waals surface area contributed by atoms with Crippen LogP contribution in [0.15, 0.2) is 0 Å². The monoisotopic (exact) mass is 276 g/mol. The quantitative estimate of drug-likeness (QED) is 0.669. The van der Waals surface area contributed by atoms with E-state index in [-0.39, 0.29) is 6.09 Å². The van der Waals surface area contributed by atoms with Crippen LogP contribution >= 0.6 is 11.8 Å². The minimum atomic E-state index is -0.428. The third kappa shape index (κ3) is 12.0. The Kier molecular flexibility index (Phi) is 9.28. The smallest absolute Gasteiger partial charge is 0.407 e. The van der Waals surface area contributed by atoms with Crippen molar-refractivity contribution in [3.05, 3.63) is 0 Å². The maximum absolute atomic E-state index is 11.3. The van der Waals surface area contributed by atoms with E-state index in [9.17, 15) is 4.79 Å². The van der Waals surface area contributed by atoms with Gasteiger partial charge in [0.2, 0.25) is 0 Å². The van der Waals surface area contributed by atoms with E-state index >= 15 is 0 Å². The normalized spacial score (nSPS) is 13.2. The molecule has 5 heteroatoms. The highest BCUT2D eigenvalue weighted by Crippen LogP contribution is 2.06. The number of ether oxygens (including phenoxy) is 1. The molecule has 0 aromatic carbocycles. The third-order valence-corrected chi connectivity index (χ3v) is 3.12. The molecule has 0 aliphatic rings. The lowest BCUT2D eigenvalue weighted by molar-refractivity contribution is 0.0528. The summed E-state index contributed by atoms with van der Waals surface area (Å²) in [4.78, 5) is 11.3. The molecular formula is C13H28N2O2S. The van der Waals surface area contributed by atoms with Crippen molar-refractivity contribution in [2.24, 2.45) is 0 Å². The Balaban J connectivity index is 3.47. The average Bonchev–Trinajstić information content (AvgIpc) is 2.22. The number of amides is 1. The van der Waals surface area contributed by atoms with Crippen LogP contribution in [0.25, 0.3) is 0 Å². The molecule has 108 valence electrons. The van der Waals surface area contributed by atoms with Gasteiger partial charge in [-0.1, -0.05) is 6.92 Å². The largest absolute Gasteiger partial charge is 0.444 e. The van der Waals surface area contributed by atoms with E-state index < -0.39 is 5.60 Å². The molecule has 0 radical (unpaired) electrons. The lowest BCUT2D eigenvalue weighted by atomic mass is 10.2. The van der Waals surface area contributed by atoms with Gasteiger partial charge in [0.25, 0.3) is 0 Å². The van der Waals surface area contributed by atoms with E-state index in [0.717, 1.165) is 13.0 Å². The van der Waals surface area contributed by atoms with Gasteiger partial charge in [-0.05, 0) is 45.6 Å². The molecule has 1 amide bonds. The Bertz CT molecular complexity index is 230. The summed E-state index contributed by atoms with van der Waals surface area (Å²) in [6, 6.07) is 0.490. The van der Waals surface area contributed by atoms with Gasteiger partial charge in [-0.25, -0.2) is 4.79 Å². The number of thioether (sulfide) groups is 1. The van der Waals surface area contributed by atoms with Gasteiger partial charge in [0.15, 0.2) is 0 Å². The minimum absolute atomic E-state index is 0.349. The standard InChI is InChI=1S/C13H28N2O2S/c1-6-18-10-7-11(2)14-8-9-15-12(16)17-13(3,4)5/h11,14H,6-10H2,1-5H3,(H,15,16). The Labute approximate surface area is 116 Å². The third-order valence-electron chi connectivity index (χ3n) is 2.19. The molecule has 0 aromatic heterocycles. The molecule has 18 heavy (non-hydrogen) atoms. The fourth-order valence-corrected chi connectivity index (χ4v) is 2.11. The van der Waals surface area contributed by atoms with Crippen molar-refractivity contribution in [3.8, 4) is 0 Å². The van der Waals surface area contributed by atoms with Crippen molar-refractivity contribution in [3.63, 3.8) is 0 Å². The van der Waals surface area contributed by atoms with Gasteiger partial charge in [0.05, 0.1) is 0 Å². The van der Waals surface area contributed by atoms with Crippen molar-refractivity contribution in [1.29, 1.82) is 0 Å². The van der Waals surface area contributed by atoms with Crippen LogP contribution in [-0.2, 0) is 4.74 Å². The molecule has 1 atom stereocenters. The van der Waals surface area contributed by atoms with Crippen LogP contribution in [0.2, 0.25) is 0 Å². The maximum atomic E-state index is 11.3. The van der Waals surface area contributed by atoms with Gasteiger partial charge in [-0.3, -0.25) is 0 Å². The number of hydrogen-bond acceptors (Lipinski definition) is 4. The van der Waals surface area contributed by atoms with Gasteiger partial charge in [0, 0.05) is 19.1 Å². The predicted octanol–water partition coefficient (Wildman–Crippen LogP) is 2.63. The second-order valence-corrected chi connectivity index (χ2v) is 6.66. The summed E-state index contributed by atoms with van der Waals surface area (Å²) >= 11 is 1.96. The first-order valence-electron chi connectivity index (χ1n) is 6.63. The van der Waals surface area contributed by atoms with Crippen molar-refractivity contribution >= 4 is 17.9 Å². The molecule has 2 N–H and O–H groups in total. The highest BCUT2D eigenvalue weighted by atomic mass is 32.2. The summed E-state index contributed by atoms with van der Waals surface area (Å²) in [5.41, 5.74) is -0.428. The predicted molar refractivity (Wildman–Crippen MR) is 79.3 cm³/mol. The summed E-state index contributed by atoms with van der Waals surface area (Å²) in [5.74, 6) is 2.36. The molecule has 0 saturated carbocycles. The molecule has 1 unspecified atom stereocenters. The van der Waals surface area contributed by atoms with Crippen LogP contribution in [-0.4, -0.2) is 42.3 Å². The van der Waals surface area contributed by atoms with Gasteiger partial charge in [-0.15, -0.1) is 0 Å². The first kappa shape index (κ1) is 17.6. The van der Waals surface area contributed by atoms with E-state index in [4.69, 9.17) is 4.74 Å². The molecule has 0 fully saturated rings. The Morgan fingerprint density at radius 1 is 1.33 bits per heavy atom. The molecular weight excluding hydrogens is 248 g/mol. The van der Waals surface area contributed by atoms with Crippen LogP contribution in [0.3, 0.4) is 0 Å². The Morgan fingerprint density at radius 2 is 2.00 bits per heavy atom. The van der Waals surface area contributed by atoms with E-state index in [1.54, 1.807) is 0 Å². The second kappa shape index (κ2) is 9.50. The molecule has 0 rings (SSSR count). The maximum Gasteiger partial charge on any atom is 0.407 e. The number of carbonyl (C=O) groups excluding carboxylic acids is 1. The summed E-state index contributed by atoms with van der Waals surface area (Å²) in [6.07, 6.45) is 0.809. The van der Waals surface area contributed by atoms with Gasteiger partial charge in [-0.2, -0.15) is 11.8 Å². The van der Waals surface area contributed by atoms with Crippen LogP contribution in [0, 0.1) is 0 Å². The highest BCUT2D eigenvalue weighted by Gasteiger charge is 2.15. The zero-order valence-electron chi connectivity index (χ0n) is 12.3. The van der Waals surface area contributed by atoms with E-state index in [0.29, 0.717) is 12.6 Å². The molecule has 4 nitrogen and oxygen atoms in total. The molecule has 0 spiro atoms. The average molecular weight is 276 g/mol. The molecule has 0 aliphatic carbocycles. The minimum Gasteiger partial charge on any atom is -0.444 e. The number of rotatable bonds is 8. The van der Waals surface area contributed by atoms with Crippen molar-refractivity contribution < 1.29 is 9.53 Å². The molecule has 0 bridgehead atoms. The first-order chi connectivity index (χ1) is 8.35. The van der Waals surface area contributed by atoms with E-state index in [1.165, 1.54) is 11.5 Å². The number of hydrogen-bond donors (Lipinski definition) is 2. The van der Waals surface area contributed by atoms with Gasteiger partial charge >= 0.3 is 6.09 Å². The summed E-state index contributed by atoms with van der Waals surface area (Å²) in [7, 11) is 0. The highest BCUT2D eigenvalue weighted by molar-refractivity contribution is 7.99. The van der Waals surface area contributed by atoms with Crippen LogP contribution in [0.5, 0.6) is 0 Å². The van der Waals surface area contributed by atoms with E-state index in [2.05, 4.69) is 24.5 Å². The lowest BCUT2D eigenvalue weighted by Crippen LogP contribution is -2.38. The van der Waals surface area contributed by atoms with Gasteiger partial charge < -0.3 is 15.4 Å². The van der Waals surface area contributed by atoms with Gasteiger partial charge in [0.1, 0.15) is 5.60 Å². The SMILES string of the molecule is CCSCCC(C)NCCNC(=O)OC(C)(C)C. The number of nitrogens with one attached hydrogen (secondary N) is 2. The lowest BCUT2D eigenvalue weighted by Gasteiger charge is -2.20. The molecule has 0 aliphatic heterocycles. The zero-order valence-corrected chi connectivity index (χ0v) is 13.2. The second-order valence-electron chi connectivity index (χ2n) is 5.27. The fraction of sp³-hybridized carbons (Fsp3) is 0.923. The Morgan fingerprint density at radius 3 is 2.56 bits per heavy atom. The number of alkyl carbamates (subject to hydrolysis) is 1. The van der Waals surface area contributed by atoms with Crippen LogP contribution < -0.4 is 10.6 Å². The van der Waals surface area contributed by atoms with Crippen molar-refractivity contribution in [2.75, 3.05) is 24.6 Å². The summed E-state index contributed by atoms with van der Waals surface area (Å²) < 4.78 is 5.14. The fourth-order valence-electron chi connectivity index (χ4n) is 1.30. The van der Waals surface area contributed by atoms with Crippen LogP contribution in [0.4, 0.5) is 4.79 Å². The first-order valence-corrected chi connectivity index (χ1v) is 7.78. The molecule has 0 aromatic rings. The van der Waals surface area contributed by atoms with E-state index in [1.807, 2.05) is 32.5 Å². The number of carbonyl (C=O) groups is 1. The molecule has 0 heterocycles. The topological polar surface area (TPSA) is 50.4 Å². The van der Waals surface area contributed by atoms with Crippen LogP contribution in [0.1, 0.15) is 41.0 Å².